The van der Waals surface area contributed by atoms with Gasteiger partial charge in [-0.3, -0.25) is 14.5 Å². The van der Waals surface area contributed by atoms with Crippen molar-refractivity contribution in [1.82, 2.24) is 4.90 Å². The van der Waals surface area contributed by atoms with E-state index in [0.717, 1.165) is 0 Å². The van der Waals surface area contributed by atoms with Gasteiger partial charge in [0.15, 0.2) is 0 Å². The molecule has 0 radical (unpaired) electrons. The molecule has 0 N–H and O–H groups in total. The lowest BCUT2D eigenvalue weighted by Gasteiger charge is -2.12. The fourth-order valence-corrected chi connectivity index (χ4v) is 2.79. The van der Waals surface area contributed by atoms with Crippen LogP contribution in [0.3, 0.4) is 0 Å². The summed E-state index contributed by atoms with van der Waals surface area (Å²) in [5.41, 5.74) is 0. The second-order valence-electron chi connectivity index (χ2n) is 3.67. The van der Waals surface area contributed by atoms with Gasteiger partial charge in [0.2, 0.25) is 0 Å². The first kappa shape index (κ1) is 13.8. The first-order chi connectivity index (χ1) is 9.11. The van der Waals surface area contributed by atoms with Gasteiger partial charge in [-0.1, -0.05) is 24.0 Å². The predicted molar refractivity (Wildman–Crippen MR) is 75.2 cm³/mol. The number of amides is 1. The van der Waals surface area contributed by atoms with E-state index in [1.165, 1.54) is 30.0 Å². The maximum atomic E-state index is 12.1. The Kier molecular flexibility index (Phi) is 4.39. The summed E-state index contributed by atoms with van der Waals surface area (Å²) in [5, 5.41) is 0. The van der Waals surface area contributed by atoms with Gasteiger partial charge in [-0.25, -0.2) is 0 Å². The number of hydrogen-bond acceptors (Lipinski definition) is 6. The first-order valence-corrected chi connectivity index (χ1v) is 6.70. The van der Waals surface area contributed by atoms with Crippen LogP contribution in [0.1, 0.15) is 12.2 Å². The van der Waals surface area contributed by atoms with E-state index in [1.807, 2.05) is 0 Å². The number of methoxy groups -OCH3 is 1. The van der Waals surface area contributed by atoms with Crippen molar-refractivity contribution in [1.29, 1.82) is 0 Å². The summed E-state index contributed by atoms with van der Waals surface area (Å²) in [6.07, 6.45) is 3.29. The van der Waals surface area contributed by atoms with Crippen LogP contribution in [-0.2, 0) is 14.3 Å². The van der Waals surface area contributed by atoms with Crippen molar-refractivity contribution in [3.8, 4) is 0 Å². The molecule has 5 nitrogen and oxygen atoms in total. The topological polar surface area (TPSA) is 59.8 Å². The molecule has 1 aromatic heterocycles. The molecule has 0 saturated carbocycles. The molecule has 0 aromatic carbocycles. The molecular weight excluding hydrogens is 286 g/mol. The summed E-state index contributed by atoms with van der Waals surface area (Å²) >= 11 is 6.32. The highest BCUT2D eigenvalue weighted by Gasteiger charge is 2.32. The predicted octanol–water partition coefficient (Wildman–Crippen LogP) is 2.04. The average Bonchev–Trinajstić information content (AvgIpc) is 2.98. The first-order valence-electron chi connectivity index (χ1n) is 5.47. The highest BCUT2D eigenvalue weighted by Crippen LogP contribution is 2.32. The molecule has 1 aromatic rings. The van der Waals surface area contributed by atoms with E-state index in [1.54, 1.807) is 18.2 Å². The number of ether oxygens (including phenoxy) is 1. The molecule has 0 bridgehead atoms. The molecule has 19 heavy (non-hydrogen) atoms. The summed E-state index contributed by atoms with van der Waals surface area (Å²) in [4.78, 5) is 25.1. The quantitative estimate of drug-likeness (QED) is 0.481. The molecule has 1 fully saturated rings. The van der Waals surface area contributed by atoms with Gasteiger partial charge in [-0.15, -0.1) is 0 Å². The lowest BCUT2D eigenvalue weighted by Crippen LogP contribution is -2.30. The van der Waals surface area contributed by atoms with E-state index < -0.39 is 0 Å². The molecule has 2 heterocycles. The summed E-state index contributed by atoms with van der Waals surface area (Å²) in [5.74, 6) is 0.00725. The Labute approximate surface area is 119 Å². The number of furan rings is 1. The van der Waals surface area contributed by atoms with Crippen LogP contribution in [-0.4, -0.2) is 34.8 Å². The van der Waals surface area contributed by atoms with Crippen molar-refractivity contribution in [3.05, 3.63) is 29.1 Å². The normalized spacial score (nSPS) is 17.3. The Hall–Kier alpha value is -1.60. The van der Waals surface area contributed by atoms with Crippen LogP contribution in [0.15, 0.2) is 27.7 Å². The van der Waals surface area contributed by atoms with Crippen molar-refractivity contribution in [2.45, 2.75) is 6.42 Å². The van der Waals surface area contributed by atoms with E-state index in [0.29, 0.717) is 15.0 Å². The fraction of sp³-hybridized carbons (Fsp3) is 0.250. The van der Waals surface area contributed by atoms with E-state index in [-0.39, 0.29) is 24.8 Å². The number of esters is 1. The van der Waals surface area contributed by atoms with Gasteiger partial charge in [0.05, 0.1) is 24.7 Å². The maximum Gasteiger partial charge on any atom is 0.307 e. The third-order valence-electron chi connectivity index (χ3n) is 2.46. The van der Waals surface area contributed by atoms with Gasteiger partial charge < -0.3 is 9.15 Å². The molecule has 0 atom stereocenters. The second-order valence-corrected chi connectivity index (χ2v) is 5.35. The number of carbonyl (C=O) groups is 2. The van der Waals surface area contributed by atoms with Gasteiger partial charge in [0, 0.05) is 12.6 Å². The van der Waals surface area contributed by atoms with E-state index in [4.69, 9.17) is 16.6 Å². The van der Waals surface area contributed by atoms with Gasteiger partial charge in [0.1, 0.15) is 10.1 Å². The molecular formula is C12H11NO4S2. The standard InChI is InChI=1S/C12H11NO4S2/c1-16-10(14)4-5-13-11(15)9(19-12(13)18)7-8-3-2-6-17-8/h2-3,6-7H,4-5H2,1H3/b9-7+. The molecule has 1 aliphatic rings. The van der Waals surface area contributed by atoms with Gasteiger partial charge in [-0.2, -0.15) is 0 Å². The average molecular weight is 297 g/mol. The molecule has 1 saturated heterocycles. The molecule has 2 rings (SSSR count). The van der Waals surface area contributed by atoms with Gasteiger partial charge in [0.25, 0.3) is 5.91 Å². The molecule has 7 heteroatoms. The Bertz CT molecular complexity index is 536. The largest absolute Gasteiger partial charge is 0.469 e. The number of thioether (sulfide) groups is 1. The third-order valence-corrected chi connectivity index (χ3v) is 3.84. The Balaban J connectivity index is 2.06. The zero-order valence-electron chi connectivity index (χ0n) is 10.1. The summed E-state index contributed by atoms with van der Waals surface area (Å²) in [7, 11) is 1.31. The zero-order valence-corrected chi connectivity index (χ0v) is 11.8. The molecule has 1 aliphatic heterocycles. The van der Waals surface area contributed by atoms with Gasteiger partial charge >= 0.3 is 5.97 Å². The van der Waals surface area contributed by atoms with Crippen molar-refractivity contribution in [2.75, 3.05) is 13.7 Å². The number of thiocarbonyl (C=S) groups is 1. The van der Waals surface area contributed by atoms with Crippen LogP contribution >= 0.6 is 24.0 Å². The minimum atomic E-state index is -0.371. The molecule has 1 amide bonds. The number of hydrogen-bond donors (Lipinski definition) is 0. The Morgan fingerprint density at radius 2 is 2.42 bits per heavy atom. The van der Waals surface area contributed by atoms with Crippen LogP contribution in [0, 0.1) is 0 Å². The molecule has 100 valence electrons. The Morgan fingerprint density at radius 1 is 1.63 bits per heavy atom. The summed E-state index contributed by atoms with van der Waals surface area (Å²) < 4.78 is 10.1. The van der Waals surface area contributed by atoms with Crippen molar-refractivity contribution >= 4 is 46.3 Å². The minimum absolute atomic E-state index is 0.122. The summed E-state index contributed by atoms with van der Waals surface area (Å²) in [6.45, 7) is 0.229. The molecule has 0 spiro atoms. The lowest BCUT2D eigenvalue weighted by atomic mass is 10.3. The van der Waals surface area contributed by atoms with Gasteiger partial charge in [-0.05, 0) is 12.1 Å². The summed E-state index contributed by atoms with van der Waals surface area (Å²) in [6, 6.07) is 3.49. The van der Waals surface area contributed by atoms with Crippen molar-refractivity contribution < 1.29 is 18.7 Å². The van der Waals surface area contributed by atoms with E-state index in [9.17, 15) is 9.59 Å². The van der Waals surface area contributed by atoms with Crippen LogP contribution in [0.4, 0.5) is 0 Å². The van der Waals surface area contributed by atoms with E-state index >= 15 is 0 Å². The lowest BCUT2D eigenvalue weighted by molar-refractivity contribution is -0.140. The third kappa shape index (κ3) is 3.24. The van der Waals surface area contributed by atoms with E-state index in [2.05, 4.69) is 4.74 Å². The number of carbonyl (C=O) groups excluding carboxylic acids is 2. The SMILES string of the molecule is COC(=O)CCN1C(=O)/C(=C\c2ccco2)SC1=S. The monoisotopic (exact) mass is 297 g/mol. The molecule has 0 unspecified atom stereocenters. The fourth-order valence-electron chi connectivity index (χ4n) is 1.50. The zero-order chi connectivity index (χ0) is 13.8. The smallest absolute Gasteiger partial charge is 0.307 e. The number of rotatable bonds is 4. The van der Waals surface area contributed by atoms with Crippen LogP contribution in [0.2, 0.25) is 0 Å². The highest BCUT2D eigenvalue weighted by molar-refractivity contribution is 8.26. The van der Waals surface area contributed by atoms with Crippen molar-refractivity contribution in [2.24, 2.45) is 0 Å². The second kappa shape index (κ2) is 6.03. The van der Waals surface area contributed by atoms with Crippen LogP contribution in [0.25, 0.3) is 6.08 Å². The maximum absolute atomic E-state index is 12.1. The highest BCUT2D eigenvalue weighted by atomic mass is 32.2. The molecule has 0 aliphatic carbocycles. The van der Waals surface area contributed by atoms with Crippen LogP contribution < -0.4 is 0 Å². The van der Waals surface area contributed by atoms with Crippen LogP contribution in [0.5, 0.6) is 0 Å². The Morgan fingerprint density at radius 3 is 3.05 bits per heavy atom. The van der Waals surface area contributed by atoms with Crippen molar-refractivity contribution in [3.63, 3.8) is 0 Å². The number of nitrogens with zero attached hydrogens (tertiary/aromatic N) is 1. The minimum Gasteiger partial charge on any atom is -0.469 e.